The van der Waals surface area contributed by atoms with Crippen LogP contribution in [0.2, 0.25) is 0 Å². The van der Waals surface area contributed by atoms with E-state index in [9.17, 15) is 35.1 Å². The number of hydrogen-bond acceptors (Lipinski definition) is 1. The lowest BCUT2D eigenvalue weighted by Gasteiger charge is -2.19. The Hall–Kier alpha value is -4.32. The number of ether oxygens (including phenoxy) is 1. The van der Waals surface area contributed by atoms with E-state index in [0.29, 0.717) is 28.8 Å². The lowest BCUT2D eigenvalue weighted by molar-refractivity contribution is -0.189. The van der Waals surface area contributed by atoms with Crippen LogP contribution in [-0.4, -0.2) is 0 Å². The van der Waals surface area contributed by atoms with E-state index < -0.39 is 46.5 Å². The monoisotopic (exact) mass is 574 g/mol. The minimum Gasteiger partial charge on any atom is -0.429 e. The fraction of sp³-hybridized carbons (Fsp3) is 0.188. The molecule has 0 aromatic heterocycles. The molecule has 0 radical (unpaired) electrons. The van der Waals surface area contributed by atoms with Crippen LogP contribution in [0.3, 0.4) is 0 Å². The summed E-state index contributed by atoms with van der Waals surface area (Å²) in [5, 5.41) is 0. The van der Waals surface area contributed by atoms with E-state index in [-0.39, 0.29) is 23.5 Å². The molecule has 4 rings (SSSR count). The summed E-state index contributed by atoms with van der Waals surface area (Å²) in [6, 6.07) is 12.8. The van der Waals surface area contributed by atoms with E-state index in [1.807, 2.05) is 6.07 Å². The Morgan fingerprint density at radius 1 is 0.659 bits per heavy atom. The number of benzene rings is 4. The zero-order chi connectivity index (χ0) is 29.7. The maximum absolute atomic E-state index is 14.7. The van der Waals surface area contributed by atoms with Gasteiger partial charge in [-0.15, -0.1) is 0 Å². The Kier molecular flexibility index (Phi) is 9.01. The van der Waals surface area contributed by atoms with Crippen LogP contribution in [0.25, 0.3) is 11.1 Å². The van der Waals surface area contributed by atoms with Gasteiger partial charge >= 0.3 is 6.11 Å². The molecule has 1 nitrogen and oxygen atoms in total. The largest absolute Gasteiger partial charge is 0.432 e. The first-order valence-electron chi connectivity index (χ1n) is 12.6. The van der Waals surface area contributed by atoms with Gasteiger partial charge in [0.25, 0.3) is 0 Å². The molecule has 212 valence electrons. The summed E-state index contributed by atoms with van der Waals surface area (Å²) in [6.45, 7) is 2.09. The molecule has 0 bridgehead atoms. The van der Waals surface area contributed by atoms with Crippen molar-refractivity contribution in [2.75, 3.05) is 0 Å². The molecule has 4 aromatic rings. The van der Waals surface area contributed by atoms with Crippen molar-refractivity contribution in [2.24, 2.45) is 0 Å². The number of alkyl halides is 2. The van der Waals surface area contributed by atoms with Gasteiger partial charge in [-0.05, 0) is 54.3 Å². The fourth-order valence-corrected chi connectivity index (χ4v) is 4.12. The van der Waals surface area contributed by atoms with Crippen LogP contribution < -0.4 is 4.74 Å². The van der Waals surface area contributed by atoms with Crippen LogP contribution in [0.1, 0.15) is 48.4 Å². The SMILES string of the molecule is CCCCCc1ccc(-c2ccc(C#Cc3cc(F)c(C(F)(F)Oc4cc(F)c(F)c(F)c4)c(F)c3)cc2)c(F)c1. The zero-order valence-electron chi connectivity index (χ0n) is 21.6. The van der Waals surface area contributed by atoms with Gasteiger partial charge in [0.2, 0.25) is 0 Å². The molecule has 0 amide bonds. The van der Waals surface area contributed by atoms with E-state index >= 15 is 0 Å². The van der Waals surface area contributed by atoms with Gasteiger partial charge in [-0.25, -0.2) is 26.3 Å². The second kappa shape index (κ2) is 12.5. The molecule has 4 aromatic carbocycles. The van der Waals surface area contributed by atoms with E-state index in [0.717, 1.165) is 31.2 Å². The smallest absolute Gasteiger partial charge is 0.429 e. The zero-order valence-corrected chi connectivity index (χ0v) is 21.6. The first kappa shape index (κ1) is 29.7. The molecule has 0 aliphatic rings. The van der Waals surface area contributed by atoms with Gasteiger partial charge in [0, 0.05) is 28.8 Å². The summed E-state index contributed by atoms with van der Waals surface area (Å²) in [7, 11) is 0. The van der Waals surface area contributed by atoms with Gasteiger partial charge in [0.05, 0.1) is 0 Å². The van der Waals surface area contributed by atoms with Crippen molar-refractivity contribution in [3.05, 3.63) is 124 Å². The van der Waals surface area contributed by atoms with Crippen LogP contribution in [-0.2, 0) is 12.5 Å². The quantitative estimate of drug-likeness (QED) is 0.0882. The topological polar surface area (TPSA) is 9.23 Å². The molecule has 0 heterocycles. The highest BCUT2D eigenvalue weighted by molar-refractivity contribution is 5.65. The van der Waals surface area contributed by atoms with E-state index in [4.69, 9.17) is 0 Å². The maximum atomic E-state index is 14.7. The third-order valence-electron chi connectivity index (χ3n) is 6.19. The molecule has 0 spiro atoms. The number of hydrogen-bond donors (Lipinski definition) is 0. The van der Waals surface area contributed by atoms with E-state index in [2.05, 4.69) is 23.5 Å². The molecule has 0 N–H and O–H groups in total. The van der Waals surface area contributed by atoms with Gasteiger partial charge < -0.3 is 4.74 Å². The predicted molar refractivity (Wildman–Crippen MR) is 138 cm³/mol. The second-order valence-electron chi connectivity index (χ2n) is 9.23. The van der Waals surface area contributed by atoms with Crippen molar-refractivity contribution >= 4 is 0 Å². The van der Waals surface area contributed by atoms with Gasteiger partial charge in [-0.3, -0.25) is 0 Å². The highest BCUT2D eigenvalue weighted by Gasteiger charge is 2.41. The van der Waals surface area contributed by atoms with Crippen molar-refractivity contribution in [3.8, 4) is 28.7 Å². The first-order valence-corrected chi connectivity index (χ1v) is 12.6. The highest BCUT2D eigenvalue weighted by atomic mass is 19.3. The Bertz CT molecular complexity index is 1570. The number of rotatable bonds is 8. The van der Waals surface area contributed by atoms with Crippen molar-refractivity contribution in [3.63, 3.8) is 0 Å². The molecule has 0 unspecified atom stereocenters. The molecule has 0 saturated heterocycles. The second-order valence-corrected chi connectivity index (χ2v) is 9.23. The van der Waals surface area contributed by atoms with Gasteiger partial charge in [-0.1, -0.05) is 55.9 Å². The molecule has 0 fully saturated rings. The van der Waals surface area contributed by atoms with Crippen LogP contribution in [0.5, 0.6) is 5.75 Å². The summed E-state index contributed by atoms with van der Waals surface area (Å²) in [6.07, 6.45) is -0.788. The third-order valence-corrected chi connectivity index (χ3v) is 6.19. The normalized spacial score (nSPS) is 11.2. The minimum absolute atomic E-state index is 0.116. The molecule has 9 heteroatoms. The predicted octanol–water partition coefficient (Wildman–Crippen LogP) is 9.45. The summed E-state index contributed by atoms with van der Waals surface area (Å²) in [5.74, 6) is -5.46. The van der Waals surface area contributed by atoms with E-state index in [1.54, 1.807) is 30.3 Å². The summed E-state index contributed by atoms with van der Waals surface area (Å²) in [4.78, 5) is 0. The molecular formula is C32H22F8O. The highest BCUT2D eigenvalue weighted by Crippen LogP contribution is 2.36. The number of aryl methyl sites for hydroxylation is 1. The van der Waals surface area contributed by atoms with Crippen molar-refractivity contribution in [2.45, 2.75) is 38.7 Å². The van der Waals surface area contributed by atoms with Crippen LogP contribution >= 0.6 is 0 Å². The van der Waals surface area contributed by atoms with Crippen LogP contribution in [0, 0.1) is 46.7 Å². The fourth-order valence-electron chi connectivity index (χ4n) is 4.12. The molecule has 0 saturated carbocycles. The lowest BCUT2D eigenvalue weighted by Crippen LogP contribution is -2.25. The standard InChI is InChI=1S/C32H22F8O/c1-2-3-4-5-20-10-13-24(25(33)14-20)22-11-8-19(9-12-22)6-7-21-15-26(34)30(27(35)16-21)32(39,40)41-23-17-28(36)31(38)29(37)18-23/h8-18H,2-5H2,1H3. The van der Waals surface area contributed by atoms with Crippen molar-refractivity contribution < 1.29 is 39.9 Å². The Morgan fingerprint density at radius 3 is 1.85 bits per heavy atom. The summed E-state index contributed by atoms with van der Waals surface area (Å²) in [5.41, 5.74) is 0.207. The average molecular weight is 575 g/mol. The van der Waals surface area contributed by atoms with Crippen LogP contribution in [0.15, 0.2) is 66.7 Å². The minimum atomic E-state index is -4.70. The number of unbranched alkanes of at least 4 members (excludes halogenated alkanes) is 2. The maximum Gasteiger partial charge on any atom is 0.432 e. The molecule has 0 atom stereocenters. The van der Waals surface area contributed by atoms with Gasteiger partial charge in [0.15, 0.2) is 17.5 Å². The molecule has 41 heavy (non-hydrogen) atoms. The average Bonchev–Trinajstić information content (AvgIpc) is 2.90. The van der Waals surface area contributed by atoms with Crippen LogP contribution in [0.4, 0.5) is 35.1 Å². The molecule has 0 aliphatic carbocycles. The Labute approximate surface area is 231 Å². The van der Waals surface area contributed by atoms with Gasteiger partial charge in [-0.2, -0.15) is 8.78 Å². The summed E-state index contributed by atoms with van der Waals surface area (Å²) >= 11 is 0. The van der Waals surface area contributed by atoms with Gasteiger partial charge in [0.1, 0.15) is 28.8 Å². The van der Waals surface area contributed by atoms with E-state index in [1.165, 1.54) is 6.07 Å². The lowest BCUT2D eigenvalue weighted by atomic mass is 9.99. The van der Waals surface area contributed by atoms with Crippen molar-refractivity contribution in [1.82, 2.24) is 0 Å². The Morgan fingerprint density at radius 2 is 1.27 bits per heavy atom. The van der Waals surface area contributed by atoms with Crippen molar-refractivity contribution in [1.29, 1.82) is 0 Å². The first-order chi connectivity index (χ1) is 19.5. The Balaban J connectivity index is 1.50. The molecular weight excluding hydrogens is 552 g/mol. The summed E-state index contributed by atoms with van der Waals surface area (Å²) < 4.78 is 117. The number of halogens is 8. The third kappa shape index (κ3) is 7.07. The molecule has 0 aliphatic heterocycles.